The van der Waals surface area contributed by atoms with Gasteiger partial charge < -0.3 is 24.1 Å². The van der Waals surface area contributed by atoms with E-state index in [0.29, 0.717) is 36.2 Å². The zero-order chi connectivity index (χ0) is 19.5. The lowest BCUT2D eigenvalue weighted by molar-refractivity contribution is 0.0717. The summed E-state index contributed by atoms with van der Waals surface area (Å²) in [6, 6.07) is 13.7. The third-order valence-electron chi connectivity index (χ3n) is 5.03. The van der Waals surface area contributed by atoms with Gasteiger partial charge in [0.2, 0.25) is 0 Å². The standard InChI is InChI=1S/C21H23N3O4/c1-26-18-8-7-14(13-19(18)27-2)20(25)24-11-9-15(10-12-24)22-21-23-16-5-3-4-6-17(16)28-21/h3-8,13,15H,9-12H2,1-2H3,(H,22,23). The molecule has 2 heterocycles. The van der Waals surface area contributed by atoms with Gasteiger partial charge in [0.05, 0.1) is 14.2 Å². The predicted octanol–water partition coefficient (Wildman–Crippen LogP) is 3.56. The van der Waals surface area contributed by atoms with E-state index in [2.05, 4.69) is 10.3 Å². The molecule has 1 aliphatic heterocycles. The number of aromatic nitrogens is 1. The summed E-state index contributed by atoms with van der Waals surface area (Å²) in [5.41, 5.74) is 2.21. The molecule has 7 heteroatoms. The molecule has 1 amide bonds. The molecule has 1 aliphatic rings. The van der Waals surface area contributed by atoms with Crippen molar-refractivity contribution in [3.63, 3.8) is 0 Å². The van der Waals surface area contributed by atoms with E-state index in [1.54, 1.807) is 32.4 Å². The maximum atomic E-state index is 12.8. The number of oxazole rings is 1. The van der Waals surface area contributed by atoms with Crippen LogP contribution in [-0.4, -0.2) is 49.1 Å². The first kappa shape index (κ1) is 18.2. The van der Waals surface area contributed by atoms with Crippen molar-refractivity contribution in [3.8, 4) is 11.5 Å². The summed E-state index contributed by atoms with van der Waals surface area (Å²) >= 11 is 0. The van der Waals surface area contributed by atoms with Crippen molar-refractivity contribution in [2.24, 2.45) is 0 Å². The van der Waals surface area contributed by atoms with Gasteiger partial charge in [-0.05, 0) is 43.2 Å². The van der Waals surface area contributed by atoms with E-state index >= 15 is 0 Å². The van der Waals surface area contributed by atoms with E-state index in [-0.39, 0.29) is 11.9 Å². The van der Waals surface area contributed by atoms with Crippen molar-refractivity contribution in [3.05, 3.63) is 48.0 Å². The lowest BCUT2D eigenvalue weighted by atomic mass is 10.0. The van der Waals surface area contributed by atoms with Gasteiger partial charge in [-0.3, -0.25) is 4.79 Å². The highest BCUT2D eigenvalue weighted by Crippen LogP contribution is 2.29. The second-order valence-corrected chi connectivity index (χ2v) is 6.77. The molecular formula is C21H23N3O4. The second kappa shape index (κ2) is 7.80. The van der Waals surface area contributed by atoms with Crippen molar-refractivity contribution in [1.29, 1.82) is 0 Å². The van der Waals surface area contributed by atoms with Crippen LogP contribution in [0.25, 0.3) is 11.1 Å². The number of anilines is 1. The largest absolute Gasteiger partial charge is 0.493 e. The summed E-state index contributed by atoms with van der Waals surface area (Å²) in [5.74, 6) is 1.17. The Balaban J connectivity index is 1.37. The predicted molar refractivity (Wildman–Crippen MR) is 106 cm³/mol. The number of nitrogens with one attached hydrogen (secondary N) is 1. The molecule has 7 nitrogen and oxygen atoms in total. The number of carbonyl (C=O) groups is 1. The van der Waals surface area contributed by atoms with Crippen LogP contribution < -0.4 is 14.8 Å². The Bertz CT molecular complexity index is 944. The fourth-order valence-electron chi connectivity index (χ4n) is 3.49. The van der Waals surface area contributed by atoms with Gasteiger partial charge in [-0.1, -0.05) is 12.1 Å². The van der Waals surface area contributed by atoms with E-state index in [1.807, 2.05) is 29.2 Å². The minimum atomic E-state index is 0.00117. The molecule has 0 atom stereocenters. The minimum Gasteiger partial charge on any atom is -0.493 e. The van der Waals surface area contributed by atoms with Crippen molar-refractivity contribution in [2.45, 2.75) is 18.9 Å². The van der Waals surface area contributed by atoms with Gasteiger partial charge >= 0.3 is 0 Å². The zero-order valence-electron chi connectivity index (χ0n) is 16.0. The third kappa shape index (κ3) is 3.60. The summed E-state index contributed by atoms with van der Waals surface area (Å²) in [7, 11) is 3.14. The van der Waals surface area contributed by atoms with Crippen LogP contribution in [0, 0.1) is 0 Å². The molecule has 1 saturated heterocycles. The lowest BCUT2D eigenvalue weighted by Gasteiger charge is -2.32. The van der Waals surface area contributed by atoms with Gasteiger partial charge in [0.15, 0.2) is 17.1 Å². The summed E-state index contributed by atoms with van der Waals surface area (Å²) < 4.78 is 16.3. The second-order valence-electron chi connectivity index (χ2n) is 6.77. The molecule has 0 aliphatic carbocycles. The summed E-state index contributed by atoms with van der Waals surface area (Å²) in [5, 5.41) is 3.35. The van der Waals surface area contributed by atoms with Crippen LogP contribution in [0.3, 0.4) is 0 Å². The van der Waals surface area contributed by atoms with Crippen molar-refractivity contribution in [2.75, 3.05) is 32.6 Å². The van der Waals surface area contributed by atoms with Gasteiger partial charge in [-0.2, -0.15) is 4.98 Å². The Morgan fingerprint density at radius 3 is 2.57 bits per heavy atom. The molecule has 0 unspecified atom stereocenters. The maximum Gasteiger partial charge on any atom is 0.295 e. The fourth-order valence-corrected chi connectivity index (χ4v) is 3.49. The van der Waals surface area contributed by atoms with Crippen molar-refractivity contribution < 1.29 is 18.7 Å². The van der Waals surface area contributed by atoms with Crippen molar-refractivity contribution >= 4 is 23.0 Å². The molecule has 2 aromatic carbocycles. The molecule has 0 saturated carbocycles. The third-order valence-corrected chi connectivity index (χ3v) is 5.03. The molecule has 0 spiro atoms. The molecule has 0 radical (unpaired) electrons. The first-order valence-electron chi connectivity index (χ1n) is 9.31. The number of likely N-dealkylation sites (tertiary alicyclic amines) is 1. The van der Waals surface area contributed by atoms with E-state index in [1.165, 1.54) is 0 Å². The minimum absolute atomic E-state index is 0.00117. The Hall–Kier alpha value is -3.22. The highest BCUT2D eigenvalue weighted by atomic mass is 16.5. The van der Waals surface area contributed by atoms with Gasteiger partial charge in [0, 0.05) is 24.7 Å². The van der Waals surface area contributed by atoms with Crippen LogP contribution in [0.2, 0.25) is 0 Å². The Kier molecular flexibility index (Phi) is 5.06. The Labute approximate surface area is 163 Å². The number of rotatable bonds is 5. The van der Waals surface area contributed by atoms with Crippen molar-refractivity contribution in [1.82, 2.24) is 9.88 Å². The Morgan fingerprint density at radius 2 is 1.86 bits per heavy atom. The smallest absolute Gasteiger partial charge is 0.295 e. The molecule has 4 rings (SSSR count). The quantitative estimate of drug-likeness (QED) is 0.728. The number of hydrogen-bond donors (Lipinski definition) is 1. The molecule has 1 N–H and O–H groups in total. The zero-order valence-corrected chi connectivity index (χ0v) is 16.0. The van der Waals surface area contributed by atoms with E-state index in [0.717, 1.165) is 23.9 Å². The van der Waals surface area contributed by atoms with Crippen LogP contribution in [0.1, 0.15) is 23.2 Å². The molecule has 146 valence electrons. The number of para-hydroxylation sites is 2. The highest BCUT2D eigenvalue weighted by molar-refractivity contribution is 5.95. The fraction of sp³-hybridized carbons (Fsp3) is 0.333. The van der Waals surface area contributed by atoms with E-state index in [4.69, 9.17) is 13.9 Å². The molecule has 28 heavy (non-hydrogen) atoms. The number of amides is 1. The lowest BCUT2D eigenvalue weighted by Crippen LogP contribution is -2.42. The van der Waals surface area contributed by atoms with Crippen LogP contribution in [0.15, 0.2) is 46.9 Å². The average molecular weight is 381 g/mol. The number of hydrogen-bond acceptors (Lipinski definition) is 6. The monoisotopic (exact) mass is 381 g/mol. The SMILES string of the molecule is COc1ccc(C(=O)N2CCC(Nc3nc4ccccc4o3)CC2)cc1OC. The number of carbonyl (C=O) groups excluding carboxylic acids is 1. The van der Waals surface area contributed by atoms with E-state index < -0.39 is 0 Å². The van der Waals surface area contributed by atoms with Crippen LogP contribution >= 0.6 is 0 Å². The van der Waals surface area contributed by atoms with Crippen LogP contribution in [0.4, 0.5) is 6.01 Å². The molecule has 0 bridgehead atoms. The first-order chi connectivity index (χ1) is 13.7. The maximum absolute atomic E-state index is 12.8. The number of benzene rings is 2. The molecule has 1 aromatic heterocycles. The number of fused-ring (bicyclic) bond motifs is 1. The van der Waals surface area contributed by atoms with Gasteiger partial charge in [-0.25, -0.2) is 0 Å². The van der Waals surface area contributed by atoms with Gasteiger partial charge in [0.1, 0.15) is 5.52 Å². The molecular weight excluding hydrogens is 358 g/mol. The topological polar surface area (TPSA) is 76.8 Å². The molecule has 1 fully saturated rings. The molecule has 3 aromatic rings. The normalized spacial score (nSPS) is 14.9. The summed E-state index contributed by atoms with van der Waals surface area (Å²) in [6.45, 7) is 1.34. The summed E-state index contributed by atoms with van der Waals surface area (Å²) in [6.07, 6.45) is 1.66. The number of nitrogens with zero attached hydrogens (tertiary/aromatic N) is 2. The number of piperidine rings is 1. The van der Waals surface area contributed by atoms with E-state index in [9.17, 15) is 4.79 Å². The van der Waals surface area contributed by atoms with Crippen LogP contribution in [-0.2, 0) is 0 Å². The van der Waals surface area contributed by atoms with Gasteiger partial charge in [0.25, 0.3) is 11.9 Å². The van der Waals surface area contributed by atoms with Gasteiger partial charge in [-0.15, -0.1) is 0 Å². The first-order valence-corrected chi connectivity index (χ1v) is 9.31. The number of ether oxygens (including phenoxy) is 2. The number of methoxy groups -OCH3 is 2. The summed E-state index contributed by atoms with van der Waals surface area (Å²) in [4.78, 5) is 19.2. The van der Waals surface area contributed by atoms with Crippen LogP contribution in [0.5, 0.6) is 11.5 Å². The average Bonchev–Trinajstić information content (AvgIpc) is 3.15. The Morgan fingerprint density at radius 1 is 1.11 bits per heavy atom. The highest BCUT2D eigenvalue weighted by Gasteiger charge is 2.25.